The molecule has 0 amide bonds. The lowest BCUT2D eigenvalue weighted by Crippen LogP contribution is -2.38. The second-order valence-corrected chi connectivity index (χ2v) is 7.04. The SMILES string of the molecule is Cc1ccc(C23CNCC2C2C=CC3C2)cc1.O=C(O)C=CC(=O)O. The molecule has 2 aliphatic carbocycles. The number of rotatable bonds is 3. The quantitative estimate of drug-likeness (QED) is 0.580. The fraction of sp³-hybridized carbons (Fsp3) is 0.400. The van der Waals surface area contributed by atoms with Crippen LogP contribution < -0.4 is 5.32 Å². The van der Waals surface area contributed by atoms with Crippen molar-refractivity contribution < 1.29 is 19.8 Å². The van der Waals surface area contributed by atoms with Gasteiger partial charge < -0.3 is 15.5 Å². The number of carbonyl (C=O) groups is 2. The minimum atomic E-state index is -1.26. The Hall–Kier alpha value is -2.40. The molecule has 0 spiro atoms. The third-order valence-corrected chi connectivity index (χ3v) is 5.70. The van der Waals surface area contributed by atoms with E-state index in [4.69, 9.17) is 10.2 Å². The Bertz CT molecular complexity index is 706. The van der Waals surface area contributed by atoms with E-state index in [9.17, 15) is 9.59 Å². The topological polar surface area (TPSA) is 86.6 Å². The first-order valence-corrected chi connectivity index (χ1v) is 8.53. The number of allylic oxidation sites excluding steroid dienone is 2. The van der Waals surface area contributed by atoms with E-state index in [0.29, 0.717) is 17.6 Å². The van der Waals surface area contributed by atoms with Gasteiger partial charge in [0, 0.05) is 24.1 Å². The van der Waals surface area contributed by atoms with E-state index in [2.05, 4.69) is 48.7 Å². The summed E-state index contributed by atoms with van der Waals surface area (Å²) in [6.07, 6.45) is 7.45. The fourth-order valence-corrected chi connectivity index (χ4v) is 4.63. The van der Waals surface area contributed by atoms with Crippen LogP contribution in [0.4, 0.5) is 0 Å². The monoisotopic (exact) mass is 341 g/mol. The van der Waals surface area contributed by atoms with Gasteiger partial charge in [-0.3, -0.25) is 0 Å². The summed E-state index contributed by atoms with van der Waals surface area (Å²) in [6.45, 7) is 4.55. The molecular formula is C20H23NO4. The molecule has 1 aliphatic heterocycles. The van der Waals surface area contributed by atoms with Gasteiger partial charge in [-0.25, -0.2) is 9.59 Å². The van der Waals surface area contributed by atoms with Crippen LogP contribution in [0.25, 0.3) is 0 Å². The van der Waals surface area contributed by atoms with Crippen molar-refractivity contribution in [3.8, 4) is 0 Å². The first kappa shape index (κ1) is 17.4. The summed E-state index contributed by atoms with van der Waals surface area (Å²) in [7, 11) is 0. The molecule has 132 valence electrons. The van der Waals surface area contributed by atoms with E-state index in [1.165, 1.54) is 25.1 Å². The maximum atomic E-state index is 9.55. The molecule has 4 atom stereocenters. The highest BCUT2D eigenvalue weighted by molar-refractivity contribution is 5.89. The van der Waals surface area contributed by atoms with Gasteiger partial charge in [0.05, 0.1) is 0 Å². The highest BCUT2D eigenvalue weighted by atomic mass is 16.4. The predicted octanol–water partition coefficient (Wildman–Crippen LogP) is 2.37. The van der Waals surface area contributed by atoms with Crippen LogP contribution >= 0.6 is 0 Å². The molecule has 0 aromatic heterocycles. The number of aryl methyl sites for hydroxylation is 1. The van der Waals surface area contributed by atoms with E-state index in [1.807, 2.05) is 0 Å². The van der Waals surface area contributed by atoms with E-state index >= 15 is 0 Å². The molecule has 2 bridgehead atoms. The Labute approximate surface area is 147 Å². The Morgan fingerprint density at radius 1 is 1.12 bits per heavy atom. The van der Waals surface area contributed by atoms with Crippen LogP contribution in [-0.2, 0) is 15.0 Å². The molecule has 25 heavy (non-hydrogen) atoms. The second kappa shape index (κ2) is 6.84. The Kier molecular flexibility index (Phi) is 4.77. The summed E-state index contributed by atoms with van der Waals surface area (Å²) in [5, 5.41) is 19.3. The first-order chi connectivity index (χ1) is 11.9. The fourth-order valence-electron chi connectivity index (χ4n) is 4.63. The third kappa shape index (κ3) is 3.24. The number of benzene rings is 1. The highest BCUT2D eigenvalue weighted by Crippen LogP contribution is 2.58. The standard InChI is InChI=1S/C16H19N.C4H4O4/c1-11-2-5-13(6-3-11)16-10-17-9-15(16)12-4-7-14(16)8-12;5-3(6)1-2-4(7)8/h2-7,12,14-15,17H,8-10H2,1H3;1-2H,(H,5,6)(H,7,8). The van der Waals surface area contributed by atoms with Gasteiger partial charge in [-0.2, -0.15) is 0 Å². The van der Waals surface area contributed by atoms with Gasteiger partial charge in [-0.15, -0.1) is 0 Å². The Morgan fingerprint density at radius 2 is 1.76 bits per heavy atom. The van der Waals surface area contributed by atoms with Gasteiger partial charge in [0.25, 0.3) is 0 Å². The van der Waals surface area contributed by atoms with Gasteiger partial charge in [0.15, 0.2) is 0 Å². The molecule has 1 heterocycles. The molecular weight excluding hydrogens is 318 g/mol. The lowest BCUT2D eigenvalue weighted by atomic mass is 9.66. The number of hydrogen-bond donors (Lipinski definition) is 3. The summed E-state index contributed by atoms with van der Waals surface area (Å²) in [5.41, 5.74) is 3.34. The van der Waals surface area contributed by atoms with Crippen molar-refractivity contribution in [3.63, 3.8) is 0 Å². The zero-order valence-electron chi connectivity index (χ0n) is 14.2. The minimum absolute atomic E-state index is 0.410. The van der Waals surface area contributed by atoms with Crippen LogP contribution in [0.2, 0.25) is 0 Å². The van der Waals surface area contributed by atoms with Crippen LogP contribution in [-0.4, -0.2) is 35.2 Å². The number of nitrogens with one attached hydrogen (secondary N) is 1. The summed E-state index contributed by atoms with van der Waals surface area (Å²) in [4.78, 5) is 19.1. The molecule has 1 aromatic rings. The van der Waals surface area contributed by atoms with E-state index in [-0.39, 0.29) is 0 Å². The van der Waals surface area contributed by atoms with Crippen molar-refractivity contribution >= 4 is 11.9 Å². The van der Waals surface area contributed by atoms with Crippen LogP contribution in [0.1, 0.15) is 17.5 Å². The average Bonchev–Trinajstić information content (AvgIpc) is 3.27. The average molecular weight is 341 g/mol. The first-order valence-electron chi connectivity index (χ1n) is 8.53. The molecule has 2 fully saturated rings. The van der Waals surface area contributed by atoms with Crippen molar-refractivity contribution in [1.82, 2.24) is 5.32 Å². The van der Waals surface area contributed by atoms with Crippen LogP contribution in [0.5, 0.6) is 0 Å². The number of carboxylic acid groups (broad SMARTS) is 2. The Balaban J connectivity index is 0.000000197. The zero-order valence-corrected chi connectivity index (χ0v) is 14.2. The molecule has 5 nitrogen and oxygen atoms in total. The summed E-state index contributed by atoms with van der Waals surface area (Å²) in [6, 6.07) is 9.28. The number of hydrogen-bond acceptors (Lipinski definition) is 3. The summed E-state index contributed by atoms with van der Waals surface area (Å²) >= 11 is 0. The van der Waals surface area contributed by atoms with Crippen molar-refractivity contribution in [2.75, 3.05) is 13.1 Å². The normalized spacial score (nSPS) is 31.6. The molecule has 1 saturated carbocycles. The van der Waals surface area contributed by atoms with Crippen molar-refractivity contribution in [2.45, 2.75) is 18.8 Å². The van der Waals surface area contributed by atoms with Gasteiger partial charge >= 0.3 is 11.9 Å². The van der Waals surface area contributed by atoms with Gasteiger partial charge in [0.2, 0.25) is 0 Å². The van der Waals surface area contributed by atoms with Crippen molar-refractivity contribution in [2.24, 2.45) is 17.8 Å². The molecule has 5 heteroatoms. The molecule has 3 N–H and O–H groups in total. The molecule has 1 aromatic carbocycles. The number of fused-ring (bicyclic) bond motifs is 5. The Morgan fingerprint density at radius 3 is 2.36 bits per heavy atom. The lowest BCUT2D eigenvalue weighted by Gasteiger charge is -2.36. The maximum absolute atomic E-state index is 9.55. The van der Waals surface area contributed by atoms with Crippen molar-refractivity contribution in [3.05, 3.63) is 59.7 Å². The molecule has 4 unspecified atom stereocenters. The van der Waals surface area contributed by atoms with Crippen LogP contribution in [0, 0.1) is 24.7 Å². The van der Waals surface area contributed by atoms with Gasteiger partial charge in [0.1, 0.15) is 0 Å². The highest BCUT2D eigenvalue weighted by Gasteiger charge is 2.58. The lowest BCUT2D eigenvalue weighted by molar-refractivity contribution is -0.134. The van der Waals surface area contributed by atoms with E-state index < -0.39 is 11.9 Å². The van der Waals surface area contributed by atoms with Crippen LogP contribution in [0.15, 0.2) is 48.6 Å². The van der Waals surface area contributed by atoms with Crippen molar-refractivity contribution in [1.29, 1.82) is 0 Å². The van der Waals surface area contributed by atoms with E-state index in [0.717, 1.165) is 17.8 Å². The molecule has 3 aliphatic rings. The second-order valence-electron chi connectivity index (χ2n) is 7.04. The molecule has 0 radical (unpaired) electrons. The van der Waals surface area contributed by atoms with Gasteiger partial charge in [-0.1, -0.05) is 42.0 Å². The third-order valence-electron chi connectivity index (χ3n) is 5.70. The predicted molar refractivity (Wildman–Crippen MR) is 94.4 cm³/mol. The molecule has 4 rings (SSSR count). The summed E-state index contributed by atoms with van der Waals surface area (Å²) < 4.78 is 0. The summed E-state index contributed by atoms with van der Waals surface area (Å²) in [5.74, 6) is -0.0773. The number of aliphatic carboxylic acids is 2. The largest absolute Gasteiger partial charge is 0.478 e. The van der Waals surface area contributed by atoms with E-state index in [1.54, 1.807) is 5.56 Å². The number of carboxylic acids is 2. The maximum Gasteiger partial charge on any atom is 0.328 e. The smallest absolute Gasteiger partial charge is 0.328 e. The van der Waals surface area contributed by atoms with Gasteiger partial charge in [-0.05, 0) is 43.2 Å². The molecule has 1 saturated heterocycles. The minimum Gasteiger partial charge on any atom is -0.478 e. The zero-order chi connectivity index (χ0) is 18.0. The van der Waals surface area contributed by atoms with Crippen LogP contribution in [0.3, 0.4) is 0 Å².